The van der Waals surface area contributed by atoms with Gasteiger partial charge in [-0.15, -0.1) is 0 Å². The summed E-state index contributed by atoms with van der Waals surface area (Å²) in [7, 11) is -3.77. The molecular formula is C21H27N3O5S. The molecule has 30 heavy (non-hydrogen) atoms. The number of rotatable bonds is 8. The van der Waals surface area contributed by atoms with E-state index in [1.165, 1.54) is 6.26 Å². The van der Waals surface area contributed by atoms with Gasteiger partial charge in [-0.1, -0.05) is 19.1 Å². The lowest BCUT2D eigenvalue weighted by Gasteiger charge is -2.26. The standard InChI is InChI=1S/C21H27N3O5S/c1-15-8-10-16(11-9-15)24-30(27,28)14-20(25)23-19-7-3-2-6-18(19)21(26)22-13-17-5-4-12-29-17/h2-7,12,15-16,24H,8-11,13-14H2,1H3,(H,22,26)(H,23,25). The maximum Gasteiger partial charge on any atom is 0.253 e. The van der Waals surface area contributed by atoms with E-state index in [0.717, 1.165) is 25.7 Å². The Kier molecular flexibility index (Phi) is 7.28. The largest absolute Gasteiger partial charge is 0.467 e. The molecule has 1 saturated carbocycles. The zero-order valence-electron chi connectivity index (χ0n) is 16.9. The smallest absolute Gasteiger partial charge is 0.253 e. The zero-order valence-corrected chi connectivity index (χ0v) is 17.7. The van der Waals surface area contributed by atoms with Crippen molar-refractivity contribution in [1.29, 1.82) is 0 Å². The van der Waals surface area contributed by atoms with Crippen LogP contribution in [0.15, 0.2) is 47.1 Å². The van der Waals surface area contributed by atoms with Crippen molar-refractivity contribution in [2.75, 3.05) is 11.1 Å². The third-order valence-corrected chi connectivity index (χ3v) is 6.47. The molecule has 0 aliphatic heterocycles. The first kappa shape index (κ1) is 22.0. The predicted molar refractivity (Wildman–Crippen MR) is 113 cm³/mol. The van der Waals surface area contributed by atoms with E-state index in [-0.39, 0.29) is 23.8 Å². The van der Waals surface area contributed by atoms with Crippen LogP contribution in [0.5, 0.6) is 0 Å². The van der Waals surface area contributed by atoms with E-state index in [2.05, 4.69) is 22.3 Å². The van der Waals surface area contributed by atoms with Gasteiger partial charge in [0.2, 0.25) is 15.9 Å². The molecule has 162 valence electrons. The number of para-hydroxylation sites is 1. The molecule has 1 heterocycles. The number of anilines is 1. The fourth-order valence-electron chi connectivity index (χ4n) is 3.50. The van der Waals surface area contributed by atoms with Crippen LogP contribution in [0, 0.1) is 5.92 Å². The molecule has 1 aromatic heterocycles. The molecule has 3 N–H and O–H groups in total. The fraction of sp³-hybridized carbons (Fsp3) is 0.429. The Morgan fingerprint density at radius 3 is 2.50 bits per heavy atom. The fourth-order valence-corrected chi connectivity index (χ4v) is 4.74. The van der Waals surface area contributed by atoms with Crippen LogP contribution in [0.25, 0.3) is 0 Å². The first-order chi connectivity index (χ1) is 14.3. The van der Waals surface area contributed by atoms with Gasteiger partial charge in [0.05, 0.1) is 24.1 Å². The average Bonchev–Trinajstić information content (AvgIpc) is 3.21. The van der Waals surface area contributed by atoms with Gasteiger partial charge in [0, 0.05) is 6.04 Å². The van der Waals surface area contributed by atoms with E-state index in [1.54, 1.807) is 36.4 Å². The normalized spacial score (nSPS) is 19.2. The highest BCUT2D eigenvalue weighted by Gasteiger charge is 2.25. The van der Waals surface area contributed by atoms with Crippen LogP contribution in [0.1, 0.15) is 48.7 Å². The van der Waals surface area contributed by atoms with Crippen LogP contribution in [-0.2, 0) is 21.4 Å². The van der Waals surface area contributed by atoms with Gasteiger partial charge in [0.15, 0.2) is 0 Å². The molecule has 1 aromatic carbocycles. The second kappa shape index (κ2) is 9.90. The van der Waals surface area contributed by atoms with Crippen LogP contribution in [0.4, 0.5) is 5.69 Å². The lowest BCUT2D eigenvalue weighted by atomic mass is 9.88. The quantitative estimate of drug-likeness (QED) is 0.592. The molecule has 0 spiro atoms. The second-order valence-electron chi connectivity index (χ2n) is 7.69. The summed E-state index contributed by atoms with van der Waals surface area (Å²) >= 11 is 0. The van der Waals surface area contributed by atoms with Crippen LogP contribution in [0.2, 0.25) is 0 Å². The minimum absolute atomic E-state index is 0.126. The third kappa shape index (κ3) is 6.43. The third-order valence-electron chi connectivity index (χ3n) is 5.13. The molecule has 0 unspecified atom stereocenters. The number of nitrogens with one attached hydrogen (secondary N) is 3. The number of hydrogen-bond acceptors (Lipinski definition) is 5. The predicted octanol–water partition coefficient (Wildman–Crippen LogP) is 2.65. The minimum Gasteiger partial charge on any atom is -0.467 e. The summed E-state index contributed by atoms with van der Waals surface area (Å²) in [6.07, 6.45) is 5.01. The van der Waals surface area contributed by atoms with Crippen molar-refractivity contribution in [2.45, 2.75) is 45.2 Å². The number of carbonyl (C=O) groups is 2. The van der Waals surface area contributed by atoms with E-state index in [0.29, 0.717) is 11.7 Å². The van der Waals surface area contributed by atoms with Gasteiger partial charge in [-0.3, -0.25) is 9.59 Å². The van der Waals surface area contributed by atoms with E-state index < -0.39 is 27.6 Å². The minimum atomic E-state index is -3.77. The Hall–Kier alpha value is -2.65. The summed E-state index contributed by atoms with van der Waals surface area (Å²) in [6, 6.07) is 9.77. The van der Waals surface area contributed by atoms with Gasteiger partial charge in [0.1, 0.15) is 11.5 Å². The van der Waals surface area contributed by atoms with Gasteiger partial charge in [-0.05, 0) is 55.9 Å². The van der Waals surface area contributed by atoms with Crippen molar-refractivity contribution >= 4 is 27.5 Å². The van der Waals surface area contributed by atoms with E-state index >= 15 is 0 Å². The van der Waals surface area contributed by atoms with Crippen molar-refractivity contribution in [2.24, 2.45) is 5.92 Å². The van der Waals surface area contributed by atoms with Crippen molar-refractivity contribution in [1.82, 2.24) is 10.0 Å². The highest BCUT2D eigenvalue weighted by Crippen LogP contribution is 2.24. The van der Waals surface area contributed by atoms with Gasteiger partial charge in [0.25, 0.3) is 5.91 Å². The maximum absolute atomic E-state index is 12.5. The van der Waals surface area contributed by atoms with Crippen molar-refractivity contribution in [3.8, 4) is 0 Å². The zero-order chi connectivity index (χ0) is 21.6. The second-order valence-corrected chi connectivity index (χ2v) is 9.44. The number of amides is 2. The Balaban J connectivity index is 1.57. The SMILES string of the molecule is CC1CCC(NS(=O)(=O)CC(=O)Nc2ccccc2C(=O)NCc2ccco2)CC1. The molecule has 1 aliphatic rings. The van der Waals surface area contributed by atoms with Crippen molar-refractivity contribution in [3.05, 3.63) is 54.0 Å². The van der Waals surface area contributed by atoms with Gasteiger partial charge in [-0.25, -0.2) is 13.1 Å². The summed E-state index contributed by atoms with van der Waals surface area (Å²) in [5.74, 6) is -0.595. The number of furan rings is 1. The number of sulfonamides is 1. The molecular weight excluding hydrogens is 406 g/mol. The van der Waals surface area contributed by atoms with Crippen LogP contribution < -0.4 is 15.4 Å². The average molecular weight is 434 g/mol. The maximum atomic E-state index is 12.5. The molecule has 2 amide bonds. The van der Waals surface area contributed by atoms with E-state index in [1.807, 2.05) is 0 Å². The highest BCUT2D eigenvalue weighted by molar-refractivity contribution is 7.90. The Morgan fingerprint density at radius 1 is 1.07 bits per heavy atom. The molecule has 2 aromatic rings. The molecule has 1 fully saturated rings. The Morgan fingerprint density at radius 2 is 1.80 bits per heavy atom. The van der Waals surface area contributed by atoms with E-state index in [4.69, 9.17) is 4.42 Å². The van der Waals surface area contributed by atoms with Crippen molar-refractivity contribution in [3.63, 3.8) is 0 Å². The molecule has 0 radical (unpaired) electrons. The van der Waals surface area contributed by atoms with Crippen LogP contribution >= 0.6 is 0 Å². The molecule has 9 heteroatoms. The number of benzene rings is 1. The topological polar surface area (TPSA) is 118 Å². The number of hydrogen-bond donors (Lipinski definition) is 3. The summed E-state index contributed by atoms with van der Waals surface area (Å²) in [4.78, 5) is 24.8. The molecule has 0 bridgehead atoms. The first-order valence-electron chi connectivity index (χ1n) is 10.0. The molecule has 1 aliphatic carbocycles. The molecule has 0 saturated heterocycles. The highest BCUT2D eigenvalue weighted by atomic mass is 32.2. The molecule has 0 atom stereocenters. The summed E-state index contributed by atoms with van der Waals surface area (Å²) in [6.45, 7) is 2.35. The van der Waals surface area contributed by atoms with Crippen LogP contribution in [-0.4, -0.2) is 32.0 Å². The van der Waals surface area contributed by atoms with Crippen molar-refractivity contribution < 1.29 is 22.4 Å². The Labute approximate surface area is 176 Å². The van der Waals surface area contributed by atoms with Crippen LogP contribution in [0.3, 0.4) is 0 Å². The van der Waals surface area contributed by atoms with Gasteiger partial charge in [-0.2, -0.15) is 0 Å². The lowest BCUT2D eigenvalue weighted by Crippen LogP contribution is -2.41. The van der Waals surface area contributed by atoms with Gasteiger partial charge >= 0.3 is 0 Å². The van der Waals surface area contributed by atoms with E-state index in [9.17, 15) is 18.0 Å². The Bertz CT molecular complexity index is 964. The molecule has 8 nitrogen and oxygen atoms in total. The first-order valence-corrected chi connectivity index (χ1v) is 11.7. The monoisotopic (exact) mass is 433 g/mol. The van der Waals surface area contributed by atoms with Gasteiger partial charge < -0.3 is 15.1 Å². The number of carbonyl (C=O) groups excluding carboxylic acids is 2. The summed E-state index contributed by atoms with van der Waals surface area (Å²) < 4.78 is 32.6. The molecule has 3 rings (SSSR count). The summed E-state index contributed by atoms with van der Waals surface area (Å²) in [5, 5.41) is 5.25. The lowest BCUT2D eigenvalue weighted by molar-refractivity contribution is -0.113. The summed E-state index contributed by atoms with van der Waals surface area (Å²) in [5.41, 5.74) is 0.491.